The first-order valence-corrected chi connectivity index (χ1v) is 8.08. The molecule has 1 aromatic heterocycles. The van der Waals surface area contributed by atoms with Crippen LogP contribution in [0.3, 0.4) is 0 Å². The average molecular weight is 413 g/mol. The topological polar surface area (TPSA) is 88.4 Å². The number of ether oxygens (including phenoxy) is 1. The lowest BCUT2D eigenvalue weighted by molar-refractivity contribution is 0.0342. The quantitative estimate of drug-likeness (QED) is 0.737. The van der Waals surface area contributed by atoms with Crippen LogP contribution in [0.25, 0.3) is 10.9 Å². The van der Waals surface area contributed by atoms with Gasteiger partial charge in [0.15, 0.2) is 0 Å². The molecular weight excluding hydrogens is 397 g/mol. The molecule has 0 unspecified atom stereocenters. The molecule has 1 saturated heterocycles. The Morgan fingerprint density at radius 2 is 2.05 bits per heavy atom. The van der Waals surface area contributed by atoms with Gasteiger partial charge < -0.3 is 15.5 Å². The number of H-pyrrole nitrogens is 1. The second-order valence-electron chi connectivity index (χ2n) is 5.31. The first kappa shape index (κ1) is 15.4. The molecule has 3 rings (SSSR count). The molecule has 116 valence electrons. The van der Waals surface area contributed by atoms with Crippen molar-refractivity contribution < 1.29 is 9.53 Å². The second kappa shape index (κ2) is 6.35. The minimum absolute atomic E-state index is 0.00757. The van der Waals surface area contributed by atoms with Crippen molar-refractivity contribution in [2.45, 2.75) is 6.54 Å². The van der Waals surface area contributed by atoms with E-state index in [-0.39, 0.29) is 5.56 Å². The number of benzene rings is 1. The lowest BCUT2D eigenvalue weighted by Crippen LogP contribution is -2.35. The largest absolute Gasteiger partial charge is 0.379 e. The predicted molar refractivity (Wildman–Crippen MR) is 91.9 cm³/mol. The Morgan fingerprint density at radius 1 is 1.32 bits per heavy atom. The monoisotopic (exact) mass is 413 g/mol. The van der Waals surface area contributed by atoms with Crippen LogP contribution in [0.5, 0.6) is 0 Å². The highest BCUT2D eigenvalue weighted by Gasteiger charge is 2.14. The third-order valence-electron chi connectivity index (χ3n) is 3.74. The molecule has 0 bridgehead atoms. The summed E-state index contributed by atoms with van der Waals surface area (Å²) in [6.45, 7) is 4.15. The first-order valence-electron chi connectivity index (χ1n) is 7.00. The van der Waals surface area contributed by atoms with Crippen LogP contribution < -0.4 is 11.3 Å². The van der Waals surface area contributed by atoms with Crippen LogP contribution in [-0.4, -0.2) is 42.1 Å². The number of pyridine rings is 1. The van der Waals surface area contributed by atoms with Crippen LogP contribution in [0.1, 0.15) is 15.9 Å². The number of halogens is 1. The van der Waals surface area contributed by atoms with Crippen LogP contribution >= 0.6 is 22.6 Å². The zero-order valence-electron chi connectivity index (χ0n) is 11.9. The van der Waals surface area contributed by atoms with Crippen LogP contribution in [-0.2, 0) is 11.3 Å². The highest BCUT2D eigenvalue weighted by Crippen LogP contribution is 2.22. The van der Waals surface area contributed by atoms with E-state index in [9.17, 15) is 9.59 Å². The van der Waals surface area contributed by atoms with Gasteiger partial charge in [-0.1, -0.05) is 0 Å². The molecule has 0 radical (unpaired) electrons. The van der Waals surface area contributed by atoms with Crippen molar-refractivity contribution in [3.8, 4) is 0 Å². The van der Waals surface area contributed by atoms with Gasteiger partial charge in [-0.15, -0.1) is 0 Å². The van der Waals surface area contributed by atoms with E-state index in [1.54, 1.807) is 6.07 Å². The molecule has 7 heteroatoms. The lowest BCUT2D eigenvalue weighted by atomic mass is 10.1. The molecule has 1 amide bonds. The van der Waals surface area contributed by atoms with E-state index in [0.717, 1.165) is 52.9 Å². The SMILES string of the molecule is NC(=O)c1cc2cc(CN3CCOCC3)cc(I)c2[nH]c1=O. The molecule has 1 aromatic carbocycles. The van der Waals surface area contributed by atoms with Gasteiger partial charge in [-0.25, -0.2) is 0 Å². The van der Waals surface area contributed by atoms with Crippen LogP contribution in [0.4, 0.5) is 0 Å². The van der Waals surface area contributed by atoms with Crippen molar-refractivity contribution in [1.29, 1.82) is 0 Å². The number of aromatic nitrogens is 1. The molecule has 0 spiro atoms. The number of aromatic amines is 1. The van der Waals surface area contributed by atoms with Gasteiger partial charge in [0.2, 0.25) is 0 Å². The zero-order valence-corrected chi connectivity index (χ0v) is 14.1. The number of primary amides is 1. The Hall–Kier alpha value is -1.45. The highest BCUT2D eigenvalue weighted by atomic mass is 127. The number of fused-ring (bicyclic) bond motifs is 1. The van der Waals surface area contributed by atoms with Gasteiger partial charge >= 0.3 is 0 Å². The molecule has 1 aliphatic heterocycles. The summed E-state index contributed by atoms with van der Waals surface area (Å²) in [5.41, 5.74) is 6.67. The number of hydrogen-bond acceptors (Lipinski definition) is 4. The van der Waals surface area contributed by atoms with Gasteiger partial charge in [0.05, 0.1) is 18.7 Å². The molecule has 0 aliphatic carbocycles. The number of amides is 1. The van der Waals surface area contributed by atoms with E-state index in [1.807, 2.05) is 6.07 Å². The third kappa shape index (κ3) is 3.16. The molecular formula is C15H16IN3O3. The Bertz CT molecular complexity index is 781. The van der Waals surface area contributed by atoms with Crippen molar-refractivity contribution in [3.05, 3.63) is 43.2 Å². The summed E-state index contributed by atoms with van der Waals surface area (Å²) in [7, 11) is 0. The van der Waals surface area contributed by atoms with E-state index < -0.39 is 11.5 Å². The summed E-state index contributed by atoms with van der Waals surface area (Å²) >= 11 is 2.19. The van der Waals surface area contributed by atoms with Gasteiger partial charge in [0, 0.05) is 28.6 Å². The molecule has 2 heterocycles. The average Bonchev–Trinajstić information content (AvgIpc) is 2.48. The normalized spacial score (nSPS) is 16.0. The van der Waals surface area contributed by atoms with Crippen molar-refractivity contribution in [3.63, 3.8) is 0 Å². The summed E-state index contributed by atoms with van der Waals surface area (Å²) in [4.78, 5) is 28.2. The molecule has 2 aromatic rings. The summed E-state index contributed by atoms with van der Waals surface area (Å²) in [5.74, 6) is -0.711. The van der Waals surface area contributed by atoms with Gasteiger partial charge in [-0.2, -0.15) is 0 Å². The third-order valence-corrected chi connectivity index (χ3v) is 4.59. The van der Waals surface area contributed by atoms with E-state index in [1.165, 1.54) is 0 Å². The number of carbonyl (C=O) groups is 1. The number of rotatable bonds is 3. The predicted octanol–water partition coefficient (Wildman–Crippen LogP) is 1.06. The number of carbonyl (C=O) groups excluding carboxylic acids is 1. The minimum atomic E-state index is -0.711. The van der Waals surface area contributed by atoms with Gasteiger partial charge in [-0.3, -0.25) is 14.5 Å². The molecule has 1 aliphatic rings. The van der Waals surface area contributed by atoms with Crippen LogP contribution in [0.2, 0.25) is 0 Å². The molecule has 3 N–H and O–H groups in total. The number of hydrogen-bond donors (Lipinski definition) is 2. The number of morpholine rings is 1. The molecule has 22 heavy (non-hydrogen) atoms. The zero-order chi connectivity index (χ0) is 15.7. The summed E-state index contributed by atoms with van der Waals surface area (Å²) in [6, 6.07) is 5.62. The Balaban J connectivity index is 2.00. The fraction of sp³-hybridized carbons (Fsp3) is 0.333. The van der Waals surface area contributed by atoms with Gasteiger partial charge in [-0.05, 0) is 46.4 Å². The van der Waals surface area contributed by atoms with E-state index in [2.05, 4.69) is 38.5 Å². The number of nitrogens with zero attached hydrogens (tertiary/aromatic N) is 1. The smallest absolute Gasteiger partial charge is 0.261 e. The minimum Gasteiger partial charge on any atom is -0.379 e. The maximum atomic E-state index is 11.8. The van der Waals surface area contributed by atoms with Gasteiger partial charge in [0.1, 0.15) is 5.56 Å². The van der Waals surface area contributed by atoms with E-state index in [4.69, 9.17) is 10.5 Å². The maximum absolute atomic E-state index is 11.8. The highest BCUT2D eigenvalue weighted by molar-refractivity contribution is 14.1. The fourth-order valence-corrected chi connectivity index (χ4v) is 3.47. The summed E-state index contributed by atoms with van der Waals surface area (Å²) in [5, 5.41) is 0.823. The Kier molecular flexibility index (Phi) is 4.46. The Morgan fingerprint density at radius 3 is 2.73 bits per heavy atom. The lowest BCUT2D eigenvalue weighted by Gasteiger charge is -2.26. The van der Waals surface area contributed by atoms with Crippen molar-refractivity contribution in [2.75, 3.05) is 26.3 Å². The maximum Gasteiger partial charge on any atom is 0.261 e. The van der Waals surface area contributed by atoms with Crippen LogP contribution in [0, 0.1) is 3.57 Å². The van der Waals surface area contributed by atoms with Crippen molar-refractivity contribution >= 4 is 39.4 Å². The number of nitrogens with one attached hydrogen (secondary N) is 1. The van der Waals surface area contributed by atoms with Crippen molar-refractivity contribution in [1.82, 2.24) is 9.88 Å². The molecule has 0 atom stereocenters. The fourth-order valence-electron chi connectivity index (χ4n) is 2.63. The molecule has 0 saturated carbocycles. The van der Waals surface area contributed by atoms with Crippen LogP contribution in [0.15, 0.2) is 23.0 Å². The second-order valence-corrected chi connectivity index (χ2v) is 6.47. The number of nitrogens with two attached hydrogens (primary N) is 1. The van der Waals surface area contributed by atoms with E-state index in [0.29, 0.717) is 0 Å². The molecule has 1 fully saturated rings. The van der Waals surface area contributed by atoms with E-state index >= 15 is 0 Å². The summed E-state index contributed by atoms with van der Waals surface area (Å²) < 4.78 is 6.30. The summed E-state index contributed by atoms with van der Waals surface area (Å²) in [6.07, 6.45) is 0. The Labute approximate surface area is 140 Å². The van der Waals surface area contributed by atoms with Gasteiger partial charge in [0.25, 0.3) is 11.5 Å². The van der Waals surface area contributed by atoms with Crippen molar-refractivity contribution in [2.24, 2.45) is 5.73 Å². The standard InChI is InChI=1S/C15H16IN3O3/c16-12-6-9(8-19-1-3-22-4-2-19)5-10-7-11(14(17)20)15(21)18-13(10)12/h5-7H,1-4,8H2,(H2,17,20)(H,18,21). The molecule has 6 nitrogen and oxygen atoms in total. The first-order chi connectivity index (χ1) is 10.5.